The topological polar surface area (TPSA) is 115 Å². The molecule has 0 unspecified atom stereocenters. The molecule has 4 N–H and O–H groups in total. The summed E-state index contributed by atoms with van der Waals surface area (Å²) in [5.41, 5.74) is 7.97. The van der Waals surface area contributed by atoms with Crippen molar-refractivity contribution in [1.29, 1.82) is 0 Å². The Balaban J connectivity index is 1.95. The number of hydrogen-bond donors (Lipinski definition) is 3. The fraction of sp³-hybridized carbons (Fsp3) is 0.118. The number of aromatic nitrogens is 1. The van der Waals surface area contributed by atoms with E-state index in [9.17, 15) is 9.59 Å². The van der Waals surface area contributed by atoms with Gasteiger partial charge in [-0.3, -0.25) is 9.59 Å². The fourth-order valence-corrected chi connectivity index (χ4v) is 3.33. The maximum atomic E-state index is 12.1. The number of thiophene rings is 1. The highest BCUT2D eigenvalue weighted by Crippen LogP contribution is 2.34. The normalized spacial score (nSPS) is 10.6. The van der Waals surface area contributed by atoms with Gasteiger partial charge in [-0.25, -0.2) is 4.98 Å². The van der Waals surface area contributed by atoms with Crippen molar-refractivity contribution in [1.82, 2.24) is 10.3 Å². The zero-order valence-electron chi connectivity index (χ0n) is 13.3. The molecular weight excluding hydrogens is 342 g/mol. The van der Waals surface area contributed by atoms with Crippen LogP contribution < -0.4 is 15.8 Å². The van der Waals surface area contributed by atoms with Crippen LogP contribution in [-0.4, -0.2) is 35.6 Å². The summed E-state index contributed by atoms with van der Waals surface area (Å²) in [6.45, 7) is -0.461. The third kappa shape index (κ3) is 3.38. The van der Waals surface area contributed by atoms with E-state index in [1.165, 1.54) is 0 Å². The molecule has 3 rings (SSSR count). The van der Waals surface area contributed by atoms with Gasteiger partial charge in [-0.15, -0.1) is 11.3 Å². The zero-order valence-corrected chi connectivity index (χ0v) is 14.1. The van der Waals surface area contributed by atoms with Gasteiger partial charge in [0.2, 0.25) is 0 Å². The van der Waals surface area contributed by atoms with E-state index in [1.54, 1.807) is 7.11 Å². The Hall–Kier alpha value is -3.13. The number of nitrogens with one attached hydrogen (secondary N) is 1. The van der Waals surface area contributed by atoms with Crippen LogP contribution in [0.3, 0.4) is 0 Å². The van der Waals surface area contributed by atoms with E-state index in [0.29, 0.717) is 15.9 Å². The Labute approximate surface area is 147 Å². The lowest BCUT2D eigenvalue weighted by Gasteiger charge is -2.03. The number of fused-ring (bicyclic) bond motifs is 1. The van der Waals surface area contributed by atoms with Crippen LogP contribution in [0.2, 0.25) is 0 Å². The van der Waals surface area contributed by atoms with E-state index < -0.39 is 18.4 Å². The number of carboxylic acid groups (broad SMARTS) is 1. The van der Waals surface area contributed by atoms with E-state index >= 15 is 0 Å². The van der Waals surface area contributed by atoms with Crippen LogP contribution in [0, 0.1) is 0 Å². The molecule has 2 aromatic heterocycles. The number of amides is 1. The Morgan fingerprint density at radius 3 is 2.60 bits per heavy atom. The molecule has 1 aromatic carbocycles. The number of hydrogen-bond acceptors (Lipinski definition) is 6. The summed E-state index contributed by atoms with van der Waals surface area (Å²) in [7, 11) is 1.60. The van der Waals surface area contributed by atoms with Crippen molar-refractivity contribution in [3.8, 4) is 17.0 Å². The number of nitrogen functional groups attached to an aromatic ring is 1. The summed E-state index contributed by atoms with van der Waals surface area (Å²) in [4.78, 5) is 28.1. The van der Waals surface area contributed by atoms with Crippen LogP contribution in [0.5, 0.6) is 5.75 Å². The number of carboxylic acids is 1. The maximum Gasteiger partial charge on any atom is 0.322 e. The molecule has 0 atom stereocenters. The van der Waals surface area contributed by atoms with Gasteiger partial charge >= 0.3 is 5.97 Å². The minimum Gasteiger partial charge on any atom is -0.497 e. The molecule has 8 heteroatoms. The van der Waals surface area contributed by atoms with Crippen LogP contribution in [0.4, 0.5) is 5.69 Å². The first-order valence-corrected chi connectivity index (χ1v) is 8.14. The molecule has 0 spiro atoms. The van der Waals surface area contributed by atoms with Gasteiger partial charge in [0, 0.05) is 10.9 Å². The predicted octanol–water partition coefficient (Wildman–Crippen LogP) is 2.37. The number of rotatable bonds is 5. The standard InChI is InChI=1S/C17H15N3O4S/c1-24-10-4-2-9(3-5-10)12-7-6-11-14(18)15(25-17(11)20-12)16(23)19-8-13(21)22/h2-7H,8,18H2,1H3,(H,19,23)(H,21,22). The molecule has 0 bridgehead atoms. The van der Waals surface area contributed by atoms with Gasteiger partial charge in [-0.2, -0.15) is 0 Å². The number of nitrogens with zero attached hydrogens (tertiary/aromatic N) is 1. The third-order valence-electron chi connectivity index (χ3n) is 3.59. The van der Waals surface area contributed by atoms with Crippen molar-refractivity contribution in [2.75, 3.05) is 19.4 Å². The second-order valence-electron chi connectivity index (χ2n) is 5.20. The SMILES string of the molecule is COc1ccc(-c2ccc3c(N)c(C(=O)NCC(=O)O)sc3n2)cc1. The summed E-state index contributed by atoms with van der Waals surface area (Å²) < 4.78 is 5.14. The number of aliphatic carboxylic acids is 1. The van der Waals surface area contributed by atoms with Gasteiger partial charge in [0.25, 0.3) is 5.91 Å². The molecule has 0 saturated heterocycles. The van der Waals surface area contributed by atoms with Crippen molar-refractivity contribution < 1.29 is 19.4 Å². The van der Waals surface area contributed by atoms with Crippen molar-refractivity contribution in [2.45, 2.75) is 0 Å². The molecule has 0 saturated carbocycles. The number of nitrogens with two attached hydrogens (primary N) is 1. The van der Waals surface area contributed by atoms with Gasteiger partial charge in [-0.05, 0) is 36.4 Å². The molecule has 25 heavy (non-hydrogen) atoms. The quantitative estimate of drug-likeness (QED) is 0.646. The maximum absolute atomic E-state index is 12.1. The number of carbonyl (C=O) groups excluding carboxylic acids is 1. The molecule has 2 heterocycles. The molecule has 3 aromatic rings. The van der Waals surface area contributed by atoms with Crippen LogP contribution in [0.25, 0.3) is 21.5 Å². The van der Waals surface area contributed by atoms with Crippen molar-refractivity contribution in [3.63, 3.8) is 0 Å². The van der Waals surface area contributed by atoms with Gasteiger partial charge in [0.1, 0.15) is 22.0 Å². The highest BCUT2D eigenvalue weighted by Gasteiger charge is 2.18. The molecule has 0 aliphatic carbocycles. The average Bonchev–Trinajstić information content (AvgIpc) is 2.96. The van der Waals surface area contributed by atoms with E-state index in [0.717, 1.165) is 28.3 Å². The Morgan fingerprint density at radius 1 is 1.24 bits per heavy atom. The van der Waals surface area contributed by atoms with Gasteiger partial charge < -0.3 is 20.9 Å². The second-order valence-corrected chi connectivity index (χ2v) is 6.20. The average molecular weight is 357 g/mol. The highest BCUT2D eigenvalue weighted by molar-refractivity contribution is 7.21. The molecule has 1 amide bonds. The Kier molecular flexibility index (Phi) is 4.53. The number of methoxy groups -OCH3 is 1. The molecule has 0 aliphatic heterocycles. The second kappa shape index (κ2) is 6.78. The summed E-state index contributed by atoms with van der Waals surface area (Å²) >= 11 is 1.13. The number of pyridine rings is 1. The molecule has 128 valence electrons. The van der Waals surface area contributed by atoms with E-state index in [4.69, 9.17) is 15.6 Å². The molecule has 7 nitrogen and oxygen atoms in total. The van der Waals surface area contributed by atoms with Crippen molar-refractivity contribution >= 4 is 39.1 Å². The van der Waals surface area contributed by atoms with E-state index in [-0.39, 0.29) is 4.88 Å². The first kappa shape index (κ1) is 16.7. The van der Waals surface area contributed by atoms with Crippen molar-refractivity contribution in [2.24, 2.45) is 0 Å². The lowest BCUT2D eigenvalue weighted by atomic mass is 10.1. The summed E-state index contributed by atoms with van der Waals surface area (Å²) in [6, 6.07) is 11.1. The molecular formula is C17H15N3O4S. The summed E-state index contributed by atoms with van der Waals surface area (Å²) in [5, 5.41) is 11.6. The van der Waals surface area contributed by atoms with E-state index in [1.807, 2.05) is 36.4 Å². The molecule has 0 aliphatic rings. The van der Waals surface area contributed by atoms with Crippen LogP contribution in [0.15, 0.2) is 36.4 Å². The predicted molar refractivity (Wildman–Crippen MR) is 96.0 cm³/mol. The number of ether oxygens (including phenoxy) is 1. The minimum atomic E-state index is -1.12. The fourth-order valence-electron chi connectivity index (χ4n) is 2.32. The van der Waals surface area contributed by atoms with Gasteiger partial charge in [0.05, 0.1) is 18.5 Å². The van der Waals surface area contributed by atoms with Crippen molar-refractivity contribution in [3.05, 3.63) is 41.3 Å². The number of anilines is 1. The smallest absolute Gasteiger partial charge is 0.322 e. The zero-order chi connectivity index (χ0) is 18.0. The lowest BCUT2D eigenvalue weighted by molar-refractivity contribution is -0.135. The van der Waals surface area contributed by atoms with Crippen LogP contribution >= 0.6 is 11.3 Å². The number of benzene rings is 1. The van der Waals surface area contributed by atoms with E-state index in [2.05, 4.69) is 10.3 Å². The molecule has 0 fully saturated rings. The Bertz CT molecular complexity index is 950. The first-order chi connectivity index (χ1) is 12.0. The van der Waals surface area contributed by atoms with Crippen LogP contribution in [0.1, 0.15) is 9.67 Å². The van der Waals surface area contributed by atoms with Gasteiger partial charge in [-0.1, -0.05) is 0 Å². The third-order valence-corrected chi connectivity index (χ3v) is 4.70. The molecule has 0 radical (unpaired) electrons. The summed E-state index contributed by atoms with van der Waals surface area (Å²) in [5.74, 6) is -0.885. The van der Waals surface area contributed by atoms with Crippen LogP contribution in [-0.2, 0) is 4.79 Å². The first-order valence-electron chi connectivity index (χ1n) is 7.33. The number of carbonyl (C=O) groups is 2. The largest absolute Gasteiger partial charge is 0.497 e. The lowest BCUT2D eigenvalue weighted by Crippen LogP contribution is -2.29. The Morgan fingerprint density at radius 2 is 1.96 bits per heavy atom. The minimum absolute atomic E-state index is 0.260. The summed E-state index contributed by atoms with van der Waals surface area (Å²) in [6.07, 6.45) is 0. The van der Waals surface area contributed by atoms with Gasteiger partial charge in [0.15, 0.2) is 0 Å². The monoisotopic (exact) mass is 357 g/mol. The highest BCUT2D eigenvalue weighted by atomic mass is 32.1.